The number of aromatic nitrogens is 2. The molecule has 0 radical (unpaired) electrons. The molecule has 6 N–H and O–H groups in total. The van der Waals surface area contributed by atoms with E-state index in [4.69, 9.17) is 20.6 Å². The minimum absolute atomic E-state index is 0.0614. The third-order valence-electron chi connectivity index (χ3n) is 2.05. The quantitative estimate of drug-likeness (QED) is 0.410. The van der Waals surface area contributed by atoms with Crippen LogP contribution in [0.15, 0.2) is 12.5 Å². The Morgan fingerprint density at radius 1 is 1.53 bits per heavy atom. The van der Waals surface area contributed by atoms with Crippen molar-refractivity contribution in [1.82, 2.24) is 14.9 Å². The van der Waals surface area contributed by atoms with Gasteiger partial charge in [0.2, 0.25) is 0 Å². The number of carboxylic acid groups (broad SMARTS) is 1. The van der Waals surface area contributed by atoms with E-state index in [0.717, 1.165) is 10.9 Å². The number of carbonyl (C=O) groups excluding carboxylic acids is 1. The summed E-state index contributed by atoms with van der Waals surface area (Å²) in [5, 5.41) is 10.6. The average molecular weight is 292 g/mol. The predicted octanol–water partition coefficient (Wildman–Crippen LogP) is -1.47. The van der Waals surface area contributed by atoms with E-state index in [1.54, 1.807) is 0 Å². The fourth-order valence-corrected chi connectivity index (χ4v) is 1.50. The van der Waals surface area contributed by atoms with Crippen molar-refractivity contribution >= 4 is 19.6 Å². The van der Waals surface area contributed by atoms with Crippen LogP contribution < -0.4 is 11.1 Å². The fraction of sp³-hybridized carbons (Fsp3) is 0.375. The first-order chi connectivity index (χ1) is 8.69. The third kappa shape index (κ3) is 5.18. The van der Waals surface area contributed by atoms with Gasteiger partial charge in [-0.25, -0.2) is 9.78 Å². The first-order valence-electron chi connectivity index (χ1n) is 5.03. The lowest BCUT2D eigenvalue weighted by molar-refractivity contribution is -0.138. The molecule has 1 rings (SSSR count). The maximum atomic E-state index is 11.4. The van der Waals surface area contributed by atoms with Crippen LogP contribution in [-0.2, 0) is 15.8 Å². The van der Waals surface area contributed by atoms with Crippen LogP contribution in [0.4, 0.5) is 4.79 Å². The maximum absolute atomic E-state index is 11.4. The van der Waals surface area contributed by atoms with E-state index < -0.39 is 31.9 Å². The van der Waals surface area contributed by atoms with Crippen LogP contribution in [0.25, 0.3) is 0 Å². The Morgan fingerprint density at radius 3 is 2.68 bits per heavy atom. The molecule has 1 aromatic rings. The second-order valence-electron chi connectivity index (χ2n) is 3.73. The molecule has 0 bridgehead atoms. The molecule has 1 atom stereocenters. The number of rotatable bonds is 5. The monoisotopic (exact) mass is 292 g/mol. The average Bonchev–Trinajstić information content (AvgIpc) is 2.73. The van der Waals surface area contributed by atoms with E-state index >= 15 is 0 Å². The molecule has 0 aliphatic rings. The molecular weight excluding hydrogens is 279 g/mol. The molecule has 1 aromatic heterocycles. The normalized spacial score (nSPS) is 13.0. The molecular formula is C8H13N4O6P. The lowest BCUT2D eigenvalue weighted by Gasteiger charge is -2.06. The number of carbonyl (C=O) groups is 2. The molecule has 0 aliphatic heterocycles. The second kappa shape index (κ2) is 5.93. The van der Waals surface area contributed by atoms with Gasteiger partial charge in [0, 0.05) is 12.6 Å². The van der Waals surface area contributed by atoms with Gasteiger partial charge in [-0.1, -0.05) is 0 Å². The number of nitrogens with two attached hydrogens (primary N) is 1. The van der Waals surface area contributed by atoms with Crippen molar-refractivity contribution in [2.45, 2.75) is 12.5 Å². The van der Waals surface area contributed by atoms with Crippen molar-refractivity contribution in [3.8, 4) is 0 Å². The molecule has 0 fully saturated rings. The SMILES string of the molecule is N[C@@H](Cc1cn(C(=O)NCP(=O)(O)O)cn1)C(=O)O. The number of imidazole rings is 1. The topological polar surface area (TPSA) is 168 Å². The summed E-state index contributed by atoms with van der Waals surface area (Å²) in [5.41, 5.74) is 5.58. The molecule has 0 saturated heterocycles. The van der Waals surface area contributed by atoms with Gasteiger partial charge in [0.15, 0.2) is 0 Å². The van der Waals surface area contributed by atoms with Gasteiger partial charge in [0.1, 0.15) is 18.7 Å². The van der Waals surface area contributed by atoms with Crippen molar-refractivity contribution in [3.63, 3.8) is 0 Å². The summed E-state index contributed by atoms with van der Waals surface area (Å²) in [7, 11) is -4.33. The van der Waals surface area contributed by atoms with E-state index in [9.17, 15) is 14.2 Å². The Labute approximate surface area is 107 Å². The van der Waals surface area contributed by atoms with Crippen LogP contribution in [0.1, 0.15) is 5.69 Å². The Kier molecular flexibility index (Phi) is 4.78. The predicted molar refractivity (Wildman–Crippen MR) is 62.4 cm³/mol. The zero-order chi connectivity index (χ0) is 14.6. The summed E-state index contributed by atoms with van der Waals surface area (Å²) < 4.78 is 11.5. The fourth-order valence-electron chi connectivity index (χ4n) is 1.15. The molecule has 0 saturated carbocycles. The van der Waals surface area contributed by atoms with Gasteiger partial charge in [-0.2, -0.15) is 0 Å². The number of carboxylic acids is 1. The van der Waals surface area contributed by atoms with Crippen LogP contribution in [0, 0.1) is 0 Å². The second-order valence-corrected chi connectivity index (χ2v) is 5.37. The summed E-state index contributed by atoms with van der Waals surface area (Å²) in [6.45, 7) is 0. The summed E-state index contributed by atoms with van der Waals surface area (Å²) >= 11 is 0. The van der Waals surface area contributed by atoms with Crippen LogP contribution in [-0.4, -0.2) is 48.8 Å². The Balaban J connectivity index is 2.61. The van der Waals surface area contributed by atoms with Gasteiger partial charge < -0.3 is 25.9 Å². The highest BCUT2D eigenvalue weighted by Crippen LogP contribution is 2.31. The Bertz CT molecular complexity index is 523. The highest BCUT2D eigenvalue weighted by molar-refractivity contribution is 7.51. The third-order valence-corrected chi connectivity index (χ3v) is 2.62. The number of nitrogens with zero attached hydrogens (tertiary/aromatic N) is 2. The van der Waals surface area contributed by atoms with Gasteiger partial charge in [-0.05, 0) is 0 Å². The molecule has 1 heterocycles. The summed E-state index contributed by atoms with van der Waals surface area (Å²) in [5.74, 6) is -1.19. The molecule has 0 unspecified atom stereocenters. The highest BCUT2D eigenvalue weighted by atomic mass is 31.2. The number of nitrogens with one attached hydrogen (secondary N) is 1. The first kappa shape index (κ1) is 15.3. The van der Waals surface area contributed by atoms with E-state index in [1.807, 2.05) is 5.32 Å². The van der Waals surface area contributed by atoms with Gasteiger partial charge >= 0.3 is 19.6 Å². The molecule has 1 amide bonds. The standard InChI is InChI=1S/C8H13N4O6P/c9-6(7(13)14)1-5-2-12(3-10-5)8(15)11-4-19(16,17)18/h2-3,6H,1,4,9H2,(H,11,15)(H,13,14)(H2,16,17,18)/t6-/m0/s1. The maximum Gasteiger partial charge on any atom is 0.344 e. The largest absolute Gasteiger partial charge is 0.480 e. The van der Waals surface area contributed by atoms with E-state index in [1.165, 1.54) is 6.20 Å². The van der Waals surface area contributed by atoms with Crippen molar-refractivity contribution in [3.05, 3.63) is 18.2 Å². The van der Waals surface area contributed by atoms with Crippen molar-refractivity contribution in [2.75, 3.05) is 6.29 Å². The number of aliphatic carboxylic acids is 1. The van der Waals surface area contributed by atoms with Gasteiger partial charge in [-0.3, -0.25) is 13.9 Å². The van der Waals surface area contributed by atoms with Crippen LogP contribution in [0.3, 0.4) is 0 Å². The number of hydrogen-bond acceptors (Lipinski definition) is 5. The van der Waals surface area contributed by atoms with Gasteiger partial charge in [-0.15, -0.1) is 0 Å². The summed E-state index contributed by atoms with van der Waals surface area (Å²) in [6.07, 6.45) is 1.47. The minimum atomic E-state index is -4.33. The van der Waals surface area contributed by atoms with E-state index in [-0.39, 0.29) is 12.1 Å². The summed E-state index contributed by atoms with van der Waals surface area (Å²) in [4.78, 5) is 42.9. The van der Waals surface area contributed by atoms with E-state index in [0.29, 0.717) is 0 Å². The lowest BCUT2D eigenvalue weighted by atomic mass is 10.2. The zero-order valence-corrected chi connectivity index (χ0v) is 10.5. The first-order valence-corrected chi connectivity index (χ1v) is 6.83. The number of amides is 1. The van der Waals surface area contributed by atoms with Gasteiger partial charge in [0.25, 0.3) is 0 Å². The molecule has 0 aliphatic carbocycles. The summed E-state index contributed by atoms with van der Waals surface area (Å²) in [6, 6.07) is -1.92. The molecule has 0 spiro atoms. The van der Waals surface area contributed by atoms with Crippen LogP contribution >= 0.6 is 7.60 Å². The molecule has 106 valence electrons. The van der Waals surface area contributed by atoms with Gasteiger partial charge in [0.05, 0.1) is 5.69 Å². The Morgan fingerprint density at radius 2 is 2.16 bits per heavy atom. The molecule has 19 heavy (non-hydrogen) atoms. The van der Waals surface area contributed by atoms with Crippen LogP contribution in [0.2, 0.25) is 0 Å². The molecule has 11 heteroatoms. The highest BCUT2D eigenvalue weighted by Gasteiger charge is 2.17. The smallest absolute Gasteiger partial charge is 0.344 e. The van der Waals surface area contributed by atoms with Crippen molar-refractivity contribution in [1.29, 1.82) is 0 Å². The lowest BCUT2D eigenvalue weighted by Crippen LogP contribution is -2.32. The molecule has 10 nitrogen and oxygen atoms in total. The van der Waals surface area contributed by atoms with Crippen molar-refractivity contribution < 1.29 is 29.0 Å². The van der Waals surface area contributed by atoms with E-state index in [2.05, 4.69) is 4.98 Å². The minimum Gasteiger partial charge on any atom is -0.480 e. The number of hydrogen-bond donors (Lipinski definition) is 5. The van der Waals surface area contributed by atoms with Crippen LogP contribution in [0.5, 0.6) is 0 Å². The Hall–Kier alpha value is -1.74. The molecule has 0 aromatic carbocycles. The van der Waals surface area contributed by atoms with Crippen molar-refractivity contribution in [2.24, 2.45) is 5.73 Å². The zero-order valence-electron chi connectivity index (χ0n) is 9.63.